The number of carbonyl (C=O) groups excluding carboxylic acids is 1. The second kappa shape index (κ2) is 2.92. The van der Waals surface area contributed by atoms with Crippen molar-refractivity contribution in [1.29, 1.82) is 0 Å². The number of rotatable bonds is 1. The molecule has 68 valence electrons. The molecule has 0 aromatic heterocycles. The molecule has 0 atom stereocenters. The Bertz CT molecular complexity index is 193. The van der Waals surface area contributed by atoms with Gasteiger partial charge in [-0.25, -0.2) is 0 Å². The van der Waals surface area contributed by atoms with Gasteiger partial charge in [0.25, 0.3) is 0 Å². The van der Waals surface area contributed by atoms with Crippen molar-refractivity contribution < 1.29 is 4.79 Å². The molecule has 0 unspecified atom stereocenters. The number of amides is 1. The Morgan fingerprint density at radius 1 is 1.67 bits per heavy atom. The molecule has 4 heteroatoms. The lowest BCUT2D eigenvalue weighted by Gasteiger charge is -2.47. The van der Waals surface area contributed by atoms with Crippen molar-refractivity contribution in [2.45, 2.75) is 18.2 Å². The number of hydrogen-bond donors (Lipinski definition) is 1. The van der Waals surface area contributed by atoms with Crippen LogP contribution >= 0.6 is 11.8 Å². The molecule has 0 radical (unpaired) electrons. The zero-order valence-electron chi connectivity index (χ0n) is 7.30. The van der Waals surface area contributed by atoms with Crippen LogP contribution in [0.1, 0.15) is 13.3 Å². The zero-order valence-corrected chi connectivity index (χ0v) is 8.12. The third-order valence-corrected chi connectivity index (χ3v) is 3.84. The van der Waals surface area contributed by atoms with Crippen molar-refractivity contribution in [3.63, 3.8) is 0 Å². The predicted octanol–water partition coefficient (Wildman–Crippen LogP) is 0.271. The summed E-state index contributed by atoms with van der Waals surface area (Å²) >= 11 is 1.96. The van der Waals surface area contributed by atoms with Crippen LogP contribution in [0.5, 0.6) is 0 Å². The van der Waals surface area contributed by atoms with Gasteiger partial charge in [0.15, 0.2) is 0 Å². The highest BCUT2D eigenvalue weighted by Crippen LogP contribution is 2.36. The molecule has 2 heterocycles. The summed E-state index contributed by atoms with van der Waals surface area (Å²) < 4.78 is 0. The summed E-state index contributed by atoms with van der Waals surface area (Å²) in [6.07, 6.45) is 0.640. The zero-order chi connectivity index (χ0) is 8.60. The molecule has 0 bridgehead atoms. The Labute approximate surface area is 76.9 Å². The van der Waals surface area contributed by atoms with Crippen LogP contribution in [0.2, 0.25) is 0 Å². The first-order valence-corrected chi connectivity index (χ1v) is 5.41. The van der Waals surface area contributed by atoms with E-state index >= 15 is 0 Å². The lowest BCUT2D eigenvalue weighted by molar-refractivity contribution is -0.136. The number of hydrogen-bond acceptors (Lipinski definition) is 3. The summed E-state index contributed by atoms with van der Waals surface area (Å²) in [5.41, 5.74) is 0. The summed E-state index contributed by atoms with van der Waals surface area (Å²) in [4.78, 5) is 13.4. The molecular weight excluding hydrogens is 172 g/mol. The van der Waals surface area contributed by atoms with E-state index < -0.39 is 0 Å². The molecule has 1 N–H and O–H groups in total. The fraction of sp³-hybridized carbons (Fsp3) is 0.875. The van der Waals surface area contributed by atoms with Gasteiger partial charge in [0.05, 0.1) is 13.1 Å². The molecule has 2 aliphatic rings. The van der Waals surface area contributed by atoms with E-state index in [1.807, 2.05) is 23.6 Å². The molecular formula is C8H14N2OS. The third-order valence-electron chi connectivity index (χ3n) is 2.48. The van der Waals surface area contributed by atoms with Crippen molar-refractivity contribution in [2.24, 2.45) is 0 Å². The van der Waals surface area contributed by atoms with Gasteiger partial charge in [-0.2, -0.15) is 0 Å². The second-order valence-electron chi connectivity index (χ2n) is 3.37. The van der Waals surface area contributed by atoms with Crippen molar-refractivity contribution in [1.82, 2.24) is 10.2 Å². The SMILES string of the molecule is CCC(=O)N1CC2(C1)NCCS2. The molecule has 12 heavy (non-hydrogen) atoms. The lowest BCUT2D eigenvalue weighted by atomic mass is 10.1. The van der Waals surface area contributed by atoms with E-state index in [1.54, 1.807) is 0 Å². The van der Waals surface area contributed by atoms with Crippen LogP contribution < -0.4 is 5.32 Å². The van der Waals surface area contributed by atoms with Crippen molar-refractivity contribution in [3.05, 3.63) is 0 Å². The molecule has 3 nitrogen and oxygen atoms in total. The Kier molecular flexibility index (Phi) is 2.04. The van der Waals surface area contributed by atoms with Crippen LogP contribution in [0.4, 0.5) is 0 Å². The minimum Gasteiger partial charge on any atom is -0.337 e. The van der Waals surface area contributed by atoms with Crippen LogP contribution in [0, 0.1) is 0 Å². The van der Waals surface area contributed by atoms with Gasteiger partial charge in [0.2, 0.25) is 5.91 Å². The normalized spacial score (nSPS) is 25.9. The highest BCUT2D eigenvalue weighted by molar-refractivity contribution is 8.01. The van der Waals surface area contributed by atoms with Crippen LogP contribution in [0.3, 0.4) is 0 Å². The van der Waals surface area contributed by atoms with Crippen molar-refractivity contribution in [3.8, 4) is 0 Å². The Hall–Kier alpha value is -0.220. The van der Waals surface area contributed by atoms with E-state index in [0.717, 1.165) is 19.6 Å². The average molecular weight is 186 g/mol. The monoisotopic (exact) mass is 186 g/mol. The first-order valence-electron chi connectivity index (χ1n) is 4.42. The molecule has 0 aromatic carbocycles. The van der Waals surface area contributed by atoms with Crippen LogP contribution in [0.15, 0.2) is 0 Å². The molecule has 2 saturated heterocycles. The second-order valence-corrected chi connectivity index (χ2v) is 4.85. The summed E-state index contributed by atoms with van der Waals surface area (Å²) in [6.45, 7) is 4.83. The first kappa shape index (κ1) is 8.38. The van der Waals surface area contributed by atoms with Gasteiger partial charge in [0.1, 0.15) is 4.87 Å². The largest absolute Gasteiger partial charge is 0.337 e. The summed E-state index contributed by atoms with van der Waals surface area (Å²) in [7, 11) is 0. The van der Waals surface area contributed by atoms with Gasteiger partial charge in [-0.15, -0.1) is 11.8 Å². The number of nitrogens with zero attached hydrogens (tertiary/aromatic N) is 1. The van der Waals surface area contributed by atoms with Crippen LogP contribution in [-0.2, 0) is 4.79 Å². The fourth-order valence-corrected chi connectivity index (χ4v) is 3.04. The summed E-state index contributed by atoms with van der Waals surface area (Å²) in [6, 6.07) is 0. The minimum absolute atomic E-state index is 0.241. The predicted molar refractivity (Wildman–Crippen MR) is 50.1 cm³/mol. The van der Waals surface area contributed by atoms with Crippen LogP contribution in [-0.4, -0.2) is 41.1 Å². The van der Waals surface area contributed by atoms with Gasteiger partial charge in [-0.1, -0.05) is 6.92 Å². The maximum Gasteiger partial charge on any atom is 0.222 e. The molecule has 0 aliphatic carbocycles. The highest BCUT2D eigenvalue weighted by Gasteiger charge is 2.46. The Balaban J connectivity index is 1.86. The molecule has 2 fully saturated rings. The average Bonchev–Trinajstić information content (AvgIpc) is 2.48. The Morgan fingerprint density at radius 2 is 2.42 bits per heavy atom. The number of carbonyl (C=O) groups is 1. The maximum absolute atomic E-state index is 11.2. The van der Waals surface area contributed by atoms with E-state index in [-0.39, 0.29) is 10.8 Å². The molecule has 1 spiro atoms. The molecule has 0 saturated carbocycles. The molecule has 0 aromatic rings. The summed E-state index contributed by atoms with van der Waals surface area (Å²) in [5.74, 6) is 1.48. The number of likely N-dealkylation sites (tertiary alicyclic amines) is 1. The number of thioether (sulfide) groups is 1. The standard InChI is InChI=1S/C8H14N2OS/c1-2-7(11)10-5-8(6-10)9-3-4-12-8/h9H,2-6H2,1H3. The molecule has 2 aliphatic heterocycles. The van der Waals surface area contributed by atoms with E-state index in [4.69, 9.17) is 0 Å². The van der Waals surface area contributed by atoms with Gasteiger partial charge in [-0.05, 0) is 0 Å². The fourth-order valence-electron chi connectivity index (χ4n) is 1.75. The Morgan fingerprint density at radius 3 is 2.92 bits per heavy atom. The third kappa shape index (κ3) is 1.23. The quantitative estimate of drug-likeness (QED) is 0.638. The van der Waals surface area contributed by atoms with Gasteiger partial charge in [0, 0.05) is 18.7 Å². The van der Waals surface area contributed by atoms with Gasteiger partial charge in [-0.3, -0.25) is 10.1 Å². The highest BCUT2D eigenvalue weighted by atomic mass is 32.2. The van der Waals surface area contributed by atoms with Gasteiger partial charge < -0.3 is 4.90 Å². The van der Waals surface area contributed by atoms with Crippen molar-refractivity contribution in [2.75, 3.05) is 25.4 Å². The first-order chi connectivity index (χ1) is 5.76. The van der Waals surface area contributed by atoms with E-state index in [1.165, 1.54) is 5.75 Å². The van der Waals surface area contributed by atoms with Crippen LogP contribution in [0.25, 0.3) is 0 Å². The molecule has 1 amide bonds. The lowest BCUT2D eigenvalue weighted by Crippen LogP contribution is -2.66. The smallest absolute Gasteiger partial charge is 0.222 e. The van der Waals surface area contributed by atoms with Gasteiger partial charge >= 0.3 is 0 Å². The summed E-state index contributed by atoms with van der Waals surface area (Å²) in [5, 5.41) is 3.45. The van der Waals surface area contributed by atoms with Crippen molar-refractivity contribution >= 4 is 17.7 Å². The van der Waals surface area contributed by atoms with E-state index in [2.05, 4.69) is 5.32 Å². The minimum atomic E-state index is 0.241. The molecule has 2 rings (SSSR count). The maximum atomic E-state index is 11.2. The van der Waals surface area contributed by atoms with E-state index in [9.17, 15) is 4.79 Å². The number of nitrogens with one attached hydrogen (secondary N) is 1. The van der Waals surface area contributed by atoms with E-state index in [0.29, 0.717) is 6.42 Å². The topological polar surface area (TPSA) is 32.3 Å².